The lowest BCUT2D eigenvalue weighted by Gasteiger charge is -2.14. The number of benzene rings is 3. The molecule has 0 amide bonds. The fraction of sp³-hybridized carbons (Fsp3) is 0.200. The van der Waals surface area contributed by atoms with Crippen LogP contribution in [0.25, 0.3) is 10.8 Å². The Hall–Kier alpha value is -2.23. The van der Waals surface area contributed by atoms with E-state index in [2.05, 4.69) is 41.7 Å². The molecule has 0 fully saturated rings. The van der Waals surface area contributed by atoms with Crippen molar-refractivity contribution in [1.82, 2.24) is 5.32 Å². The van der Waals surface area contributed by atoms with Gasteiger partial charge in [-0.1, -0.05) is 48.5 Å². The topological polar surface area (TPSA) is 30.5 Å². The first-order chi connectivity index (χ1) is 11.3. The van der Waals surface area contributed by atoms with Gasteiger partial charge in [-0.3, -0.25) is 0 Å². The summed E-state index contributed by atoms with van der Waals surface area (Å²) in [6.45, 7) is 1.49. The number of hydrogen-bond acceptors (Lipinski definition) is 3. The van der Waals surface area contributed by atoms with Gasteiger partial charge >= 0.3 is 0 Å². The number of ether oxygens (including phenoxy) is 2. The minimum absolute atomic E-state index is 0. The lowest BCUT2D eigenvalue weighted by molar-refractivity contribution is 0.404. The molecule has 0 radical (unpaired) electrons. The van der Waals surface area contributed by atoms with Crippen LogP contribution in [0.2, 0.25) is 0 Å². The van der Waals surface area contributed by atoms with Crippen LogP contribution in [0.4, 0.5) is 0 Å². The van der Waals surface area contributed by atoms with Gasteiger partial charge in [0.2, 0.25) is 0 Å². The van der Waals surface area contributed by atoms with Gasteiger partial charge in [0.15, 0.2) is 0 Å². The average molecular weight is 344 g/mol. The minimum atomic E-state index is 0. The minimum Gasteiger partial charge on any atom is -0.496 e. The molecular formula is C20H22ClNO2. The molecule has 3 rings (SSSR count). The summed E-state index contributed by atoms with van der Waals surface area (Å²) in [5, 5.41) is 5.95. The maximum Gasteiger partial charge on any atom is 0.123 e. The van der Waals surface area contributed by atoms with Crippen LogP contribution in [0.1, 0.15) is 11.1 Å². The Kier molecular flexibility index (Phi) is 6.47. The number of halogens is 1. The first-order valence-corrected chi connectivity index (χ1v) is 7.70. The van der Waals surface area contributed by atoms with E-state index in [-0.39, 0.29) is 12.4 Å². The molecule has 0 unspecified atom stereocenters. The molecule has 3 aromatic rings. The Morgan fingerprint density at radius 2 is 1.46 bits per heavy atom. The Labute approximate surface area is 149 Å². The zero-order valence-corrected chi connectivity index (χ0v) is 14.7. The van der Waals surface area contributed by atoms with E-state index in [0.29, 0.717) is 0 Å². The van der Waals surface area contributed by atoms with Crippen LogP contribution in [0.3, 0.4) is 0 Å². The van der Waals surface area contributed by atoms with Crippen LogP contribution in [0, 0.1) is 0 Å². The van der Waals surface area contributed by atoms with Crippen molar-refractivity contribution in [2.24, 2.45) is 0 Å². The first kappa shape index (κ1) is 18.1. The molecule has 0 heterocycles. The molecule has 0 spiro atoms. The molecule has 0 aromatic heterocycles. The van der Waals surface area contributed by atoms with Gasteiger partial charge in [0.05, 0.1) is 14.2 Å². The number of methoxy groups -OCH3 is 2. The van der Waals surface area contributed by atoms with Crippen LogP contribution in [-0.4, -0.2) is 14.2 Å². The quantitative estimate of drug-likeness (QED) is 0.711. The predicted octanol–water partition coefficient (Wildman–Crippen LogP) is 4.57. The average Bonchev–Trinajstić information content (AvgIpc) is 2.62. The van der Waals surface area contributed by atoms with Gasteiger partial charge in [0, 0.05) is 24.2 Å². The van der Waals surface area contributed by atoms with Gasteiger partial charge in [-0.25, -0.2) is 0 Å². The second-order valence-electron chi connectivity index (χ2n) is 5.38. The highest BCUT2D eigenvalue weighted by Gasteiger charge is 2.08. The van der Waals surface area contributed by atoms with Gasteiger partial charge < -0.3 is 14.8 Å². The van der Waals surface area contributed by atoms with E-state index < -0.39 is 0 Å². The van der Waals surface area contributed by atoms with E-state index in [4.69, 9.17) is 9.47 Å². The summed E-state index contributed by atoms with van der Waals surface area (Å²) < 4.78 is 10.9. The van der Waals surface area contributed by atoms with Crippen molar-refractivity contribution in [3.63, 3.8) is 0 Å². The lowest BCUT2D eigenvalue weighted by Crippen LogP contribution is -2.14. The fourth-order valence-electron chi connectivity index (χ4n) is 2.86. The fourth-order valence-corrected chi connectivity index (χ4v) is 2.86. The third-order valence-corrected chi connectivity index (χ3v) is 4.03. The van der Waals surface area contributed by atoms with Gasteiger partial charge in [0.25, 0.3) is 0 Å². The van der Waals surface area contributed by atoms with Crippen molar-refractivity contribution >= 4 is 23.2 Å². The zero-order chi connectivity index (χ0) is 16.1. The highest BCUT2D eigenvalue weighted by molar-refractivity contribution is 5.87. The standard InChI is InChI=1S/C20H21NO2.ClH/c1-22-19-10-6-4-8-16(19)13-21-14-18-17-9-5-3-7-15(17)11-12-20(18)23-2;/h3-12,21H,13-14H2,1-2H3;1H. The molecule has 0 saturated heterocycles. The molecule has 0 atom stereocenters. The Morgan fingerprint density at radius 3 is 2.25 bits per heavy atom. The van der Waals surface area contributed by atoms with E-state index in [9.17, 15) is 0 Å². The predicted molar refractivity (Wildman–Crippen MR) is 101 cm³/mol. The van der Waals surface area contributed by atoms with Crippen molar-refractivity contribution in [2.45, 2.75) is 13.1 Å². The molecule has 0 aliphatic carbocycles. The van der Waals surface area contributed by atoms with Crippen molar-refractivity contribution < 1.29 is 9.47 Å². The monoisotopic (exact) mass is 343 g/mol. The van der Waals surface area contributed by atoms with Gasteiger partial charge in [-0.2, -0.15) is 0 Å². The second kappa shape index (κ2) is 8.57. The number of para-hydroxylation sites is 1. The van der Waals surface area contributed by atoms with Crippen LogP contribution in [0.5, 0.6) is 11.5 Å². The van der Waals surface area contributed by atoms with Gasteiger partial charge in [-0.05, 0) is 22.9 Å². The number of nitrogens with one attached hydrogen (secondary N) is 1. The molecule has 0 saturated carbocycles. The first-order valence-electron chi connectivity index (χ1n) is 7.70. The van der Waals surface area contributed by atoms with E-state index in [0.717, 1.165) is 30.2 Å². The summed E-state index contributed by atoms with van der Waals surface area (Å²) in [6, 6.07) is 20.6. The third kappa shape index (κ3) is 3.81. The summed E-state index contributed by atoms with van der Waals surface area (Å²) in [5.41, 5.74) is 2.33. The van der Waals surface area contributed by atoms with Gasteiger partial charge in [0.1, 0.15) is 11.5 Å². The van der Waals surface area contributed by atoms with Gasteiger partial charge in [-0.15, -0.1) is 12.4 Å². The summed E-state index contributed by atoms with van der Waals surface area (Å²) in [6.07, 6.45) is 0. The largest absolute Gasteiger partial charge is 0.496 e. The Balaban J connectivity index is 0.00000208. The molecule has 0 bridgehead atoms. The Bertz CT molecular complexity index is 805. The number of rotatable bonds is 6. The molecule has 4 heteroatoms. The van der Waals surface area contributed by atoms with Crippen molar-refractivity contribution in [2.75, 3.05) is 14.2 Å². The summed E-state index contributed by atoms with van der Waals surface area (Å²) >= 11 is 0. The molecule has 1 N–H and O–H groups in total. The summed E-state index contributed by atoms with van der Waals surface area (Å²) in [4.78, 5) is 0. The van der Waals surface area contributed by atoms with Crippen molar-refractivity contribution in [1.29, 1.82) is 0 Å². The smallest absolute Gasteiger partial charge is 0.123 e. The Morgan fingerprint density at radius 1 is 0.750 bits per heavy atom. The zero-order valence-electron chi connectivity index (χ0n) is 13.9. The van der Waals surface area contributed by atoms with Crippen LogP contribution in [-0.2, 0) is 13.1 Å². The molecule has 3 aromatic carbocycles. The summed E-state index contributed by atoms with van der Waals surface area (Å²) in [7, 11) is 3.42. The second-order valence-corrected chi connectivity index (χ2v) is 5.38. The highest BCUT2D eigenvalue weighted by Crippen LogP contribution is 2.28. The van der Waals surface area contributed by atoms with Crippen LogP contribution >= 0.6 is 12.4 Å². The molecule has 0 aliphatic heterocycles. The van der Waals surface area contributed by atoms with Crippen LogP contribution in [0.15, 0.2) is 60.7 Å². The van der Waals surface area contributed by atoms with Crippen molar-refractivity contribution in [3.05, 3.63) is 71.8 Å². The van der Waals surface area contributed by atoms with Crippen LogP contribution < -0.4 is 14.8 Å². The highest BCUT2D eigenvalue weighted by atomic mass is 35.5. The van der Waals surface area contributed by atoms with Crippen molar-refractivity contribution in [3.8, 4) is 11.5 Å². The normalized spacial score (nSPS) is 10.2. The number of fused-ring (bicyclic) bond motifs is 1. The van der Waals surface area contributed by atoms with E-state index in [1.807, 2.05) is 24.3 Å². The molecular weight excluding hydrogens is 322 g/mol. The summed E-state index contributed by atoms with van der Waals surface area (Å²) in [5.74, 6) is 1.82. The maximum absolute atomic E-state index is 5.54. The SMILES string of the molecule is COc1ccccc1CNCc1c(OC)ccc2ccccc12.Cl. The third-order valence-electron chi connectivity index (χ3n) is 4.03. The molecule has 0 aliphatic rings. The van der Waals surface area contributed by atoms with E-state index in [1.54, 1.807) is 14.2 Å². The molecule has 126 valence electrons. The number of hydrogen-bond donors (Lipinski definition) is 1. The molecule has 24 heavy (non-hydrogen) atoms. The van der Waals surface area contributed by atoms with E-state index in [1.165, 1.54) is 16.3 Å². The van der Waals surface area contributed by atoms with E-state index >= 15 is 0 Å². The maximum atomic E-state index is 5.54. The lowest BCUT2D eigenvalue weighted by atomic mass is 10.0. The molecule has 3 nitrogen and oxygen atoms in total.